The number of hydrogen-bond donors (Lipinski definition) is 1. The minimum absolute atomic E-state index is 0.190. The first kappa shape index (κ1) is 14.1. The van der Waals surface area contributed by atoms with Crippen LogP contribution in [0.5, 0.6) is 0 Å². The van der Waals surface area contributed by atoms with Crippen LogP contribution in [0.25, 0.3) is 0 Å². The van der Waals surface area contributed by atoms with Crippen LogP contribution in [0.15, 0.2) is 48.5 Å². The van der Waals surface area contributed by atoms with Crippen LogP contribution in [0.1, 0.15) is 11.1 Å². The Morgan fingerprint density at radius 3 is 1.81 bits per heavy atom. The zero-order chi connectivity index (χ0) is 14.9. The second kappa shape index (κ2) is 5.52. The van der Waals surface area contributed by atoms with Gasteiger partial charge in [0.05, 0.1) is 13.2 Å². The Bertz CT molecular complexity index is 565. The Hall–Kier alpha value is -1.82. The molecule has 110 valence electrons. The van der Waals surface area contributed by atoms with E-state index in [2.05, 4.69) is 0 Å². The van der Waals surface area contributed by atoms with Gasteiger partial charge in [-0.25, -0.2) is 8.78 Å². The molecule has 0 bridgehead atoms. The lowest BCUT2D eigenvalue weighted by Crippen LogP contribution is -2.30. The highest BCUT2D eigenvalue weighted by Crippen LogP contribution is 2.40. The maximum atomic E-state index is 13.1. The van der Waals surface area contributed by atoms with Crippen molar-refractivity contribution in [3.63, 3.8) is 0 Å². The Morgan fingerprint density at radius 1 is 0.952 bits per heavy atom. The summed E-state index contributed by atoms with van der Waals surface area (Å²) < 4.78 is 37.9. The minimum Gasteiger partial charge on any atom is -0.394 e. The molecule has 1 atom stereocenters. The molecule has 5 heteroatoms. The molecule has 3 rings (SSSR count). The van der Waals surface area contributed by atoms with E-state index in [-0.39, 0.29) is 24.8 Å². The average molecular weight is 292 g/mol. The van der Waals surface area contributed by atoms with E-state index in [1.165, 1.54) is 24.3 Å². The van der Waals surface area contributed by atoms with Crippen molar-refractivity contribution in [1.29, 1.82) is 0 Å². The molecule has 0 saturated carbocycles. The summed E-state index contributed by atoms with van der Waals surface area (Å²) in [5.41, 5.74) is 1.18. The van der Waals surface area contributed by atoms with Crippen LogP contribution in [0.3, 0.4) is 0 Å². The summed E-state index contributed by atoms with van der Waals surface area (Å²) in [7, 11) is 0. The molecule has 0 amide bonds. The maximum Gasteiger partial charge on any atom is 0.222 e. The van der Waals surface area contributed by atoms with Gasteiger partial charge in [0.1, 0.15) is 17.7 Å². The van der Waals surface area contributed by atoms with Crippen LogP contribution in [0.2, 0.25) is 0 Å². The number of hydrogen-bond acceptors (Lipinski definition) is 3. The summed E-state index contributed by atoms with van der Waals surface area (Å²) >= 11 is 0. The van der Waals surface area contributed by atoms with Gasteiger partial charge in [0, 0.05) is 11.1 Å². The summed E-state index contributed by atoms with van der Waals surface area (Å²) in [6.45, 7) is 0.00932. The molecule has 1 aliphatic heterocycles. The van der Waals surface area contributed by atoms with Gasteiger partial charge >= 0.3 is 0 Å². The summed E-state index contributed by atoms with van der Waals surface area (Å²) in [4.78, 5) is 0. The van der Waals surface area contributed by atoms with Crippen molar-refractivity contribution in [2.24, 2.45) is 0 Å². The van der Waals surface area contributed by atoms with E-state index in [0.29, 0.717) is 11.1 Å². The third-order valence-electron chi connectivity index (χ3n) is 3.46. The van der Waals surface area contributed by atoms with Crippen molar-refractivity contribution >= 4 is 0 Å². The molecule has 1 saturated heterocycles. The standard InChI is InChI=1S/C16H14F2O3/c17-13-5-1-11(2-6-13)16(20-10-15(9-19)21-16)12-3-7-14(18)8-4-12/h1-8,15,19H,9-10H2/t15-/m1/s1. The van der Waals surface area contributed by atoms with E-state index < -0.39 is 11.9 Å². The normalized spacial score (nSPS) is 20.6. The molecule has 0 aromatic heterocycles. The van der Waals surface area contributed by atoms with Crippen LogP contribution >= 0.6 is 0 Å². The minimum atomic E-state index is -1.26. The van der Waals surface area contributed by atoms with Gasteiger partial charge in [0.25, 0.3) is 0 Å². The third kappa shape index (κ3) is 2.55. The molecule has 0 spiro atoms. The fourth-order valence-electron chi connectivity index (χ4n) is 2.41. The Kier molecular flexibility index (Phi) is 3.71. The smallest absolute Gasteiger partial charge is 0.222 e. The molecule has 21 heavy (non-hydrogen) atoms. The molecule has 0 unspecified atom stereocenters. The van der Waals surface area contributed by atoms with E-state index >= 15 is 0 Å². The second-order valence-corrected chi connectivity index (χ2v) is 4.86. The Morgan fingerprint density at radius 2 is 1.43 bits per heavy atom. The van der Waals surface area contributed by atoms with Crippen LogP contribution in [0, 0.1) is 11.6 Å². The number of aliphatic hydroxyl groups excluding tert-OH is 1. The third-order valence-corrected chi connectivity index (χ3v) is 3.46. The lowest BCUT2D eigenvalue weighted by molar-refractivity contribution is -0.146. The SMILES string of the molecule is OC[C@@H]1COC(c2ccc(F)cc2)(c2ccc(F)cc2)O1. The number of rotatable bonds is 3. The molecule has 0 radical (unpaired) electrons. The first-order valence-corrected chi connectivity index (χ1v) is 6.59. The predicted molar refractivity (Wildman–Crippen MR) is 71.5 cm³/mol. The zero-order valence-corrected chi connectivity index (χ0v) is 11.1. The van der Waals surface area contributed by atoms with E-state index in [9.17, 15) is 13.9 Å². The monoisotopic (exact) mass is 292 g/mol. The van der Waals surface area contributed by atoms with Gasteiger partial charge in [0.15, 0.2) is 0 Å². The summed E-state index contributed by atoms with van der Waals surface area (Å²) in [6, 6.07) is 11.4. The van der Waals surface area contributed by atoms with Gasteiger partial charge in [-0.05, 0) is 24.3 Å². The number of ether oxygens (including phenoxy) is 2. The first-order chi connectivity index (χ1) is 10.1. The summed E-state index contributed by atoms with van der Waals surface area (Å²) in [5, 5.41) is 9.26. The van der Waals surface area contributed by atoms with Gasteiger partial charge < -0.3 is 14.6 Å². The quantitative estimate of drug-likeness (QED) is 0.945. The Labute approximate surface area is 120 Å². The highest BCUT2D eigenvalue weighted by molar-refractivity contribution is 5.35. The van der Waals surface area contributed by atoms with Crippen molar-refractivity contribution in [2.75, 3.05) is 13.2 Å². The maximum absolute atomic E-state index is 13.1. The van der Waals surface area contributed by atoms with Crippen molar-refractivity contribution in [1.82, 2.24) is 0 Å². The molecule has 1 aliphatic rings. The van der Waals surface area contributed by atoms with Gasteiger partial charge in [-0.2, -0.15) is 0 Å². The molecule has 1 fully saturated rings. The molecule has 1 N–H and O–H groups in total. The van der Waals surface area contributed by atoms with Crippen LogP contribution in [0.4, 0.5) is 8.78 Å². The molecular weight excluding hydrogens is 278 g/mol. The number of halogens is 2. The highest BCUT2D eigenvalue weighted by atomic mass is 19.1. The lowest BCUT2D eigenvalue weighted by atomic mass is 9.97. The van der Waals surface area contributed by atoms with E-state index in [1.807, 2.05) is 0 Å². The van der Waals surface area contributed by atoms with Crippen LogP contribution in [-0.2, 0) is 15.3 Å². The molecule has 3 nitrogen and oxygen atoms in total. The molecular formula is C16H14F2O3. The number of aliphatic hydroxyl groups is 1. The summed E-state index contributed by atoms with van der Waals surface area (Å²) in [5.74, 6) is -2.00. The Balaban J connectivity index is 2.07. The number of benzene rings is 2. The van der Waals surface area contributed by atoms with Crippen molar-refractivity contribution in [2.45, 2.75) is 11.9 Å². The largest absolute Gasteiger partial charge is 0.394 e. The molecule has 0 aliphatic carbocycles. The fourth-order valence-corrected chi connectivity index (χ4v) is 2.41. The second-order valence-electron chi connectivity index (χ2n) is 4.86. The highest BCUT2D eigenvalue weighted by Gasteiger charge is 2.44. The van der Waals surface area contributed by atoms with Crippen LogP contribution < -0.4 is 0 Å². The fraction of sp³-hybridized carbons (Fsp3) is 0.250. The van der Waals surface area contributed by atoms with Gasteiger partial charge in [0.2, 0.25) is 5.79 Å². The topological polar surface area (TPSA) is 38.7 Å². The predicted octanol–water partition coefficient (Wildman–Crippen LogP) is 2.57. The van der Waals surface area contributed by atoms with Crippen molar-refractivity contribution < 1.29 is 23.4 Å². The lowest BCUT2D eigenvalue weighted by Gasteiger charge is -2.29. The first-order valence-electron chi connectivity index (χ1n) is 6.59. The van der Waals surface area contributed by atoms with Crippen LogP contribution in [-0.4, -0.2) is 24.4 Å². The molecule has 2 aromatic carbocycles. The zero-order valence-electron chi connectivity index (χ0n) is 11.1. The van der Waals surface area contributed by atoms with Gasteiger partial charge in [-0.1, -0.05) is 24.3 Å². The van der Waals surface area contributed by atoms with Crippen molar-refractivity contribution in [3.05, 3.63) is 71.3 Å². The van der Waals surface area contributed by atoms with Crippen molar-refractivity contribution in [3.8, 4) is 0 Å². The van der Waals surface area contributed by atoms with Gasteiger partial charge in [-0.3, -0.25) is 0 Å². The van der Waals surface area contributed by atoms with E-state index in [4.69, 9.17) is 9.47 Å². The average Bonchev–Trinajstić information content (AvgIpc) is 2.94. The van der Waals surface area contributed by atoms with E-state index in [0.717, 1.165) is 0 Å². The van der Waals surface area contributed by atoms with E-state index in [1.54, 1.807) is 24.3 Å². The van der Waals surface area contributed by atoms with Gasteiger partial charge in [-0.15, -0.1) is 0 Å². The molecule has 1 heterocycles. The molecule has 2 aromatic rings. The summed E-state index contributed by atoms with van der Waals surface area (Å²) in [6.07, 6.45) is -0.486.